The van der Waals surface area contributed by atoms with Gasteiger partial charge < -0.3 is 59.7 Å². The van der Waals surface area contributed by atoms with E-state index in [0.717, 1.165) is 17.5 Å². The van der Waals surface area contributed by atoms with E-state index in [4.69, 9.17) is 18.9 Å². The first-order valence-corrected chi connectivity index (χ1v) is 13.8. The van der Waals surface area contributed by atoms with Crippen molar-refractivity contribution in [2.75, 3.05) is 46.6 Å². The van der Waals surface area contributed by atoms with Crippen LogP contribution in [-0.4, -0.2) is 146 Å². The highest BCUT2D eigenvalue weighted by atomic mass is 16.8. The minimum absolute atomic E-state index is 0.0216. The molecule has 1 aromatic heterocycles. The predicted molar refractivity (Wildman–Crippen MR) is 142 cm³/mol. The quantitative estimate of drug-likeness (QED) is 0.148. The van der Waals surface area contributed by atoms with Gasteiger partial charge in [0.1, 0.15) is 49.8 Å². The molecule has 0 saturated carbocycles. The Morgan fingerprint density at radius 1 is 0.976 bits per heavy atom. The number of likely N-dealkylation sites (N-methyl/N-ethyl adjacent to an activating group) is 1. The number of rotatable bonds is 9. The van der Waals surface area contributed by atoms with E-state index in [9.17, 15) is 35.7 Å². The number of aliphatic hydroxyl groups is 7. The first kappa shape index (κ1) is 29.1. The van der Waals surface area contributed by atoms with Gasteiger partial charge in [-0.15, -0.1) is 0 Å². The Labute approximate surface area is 236 Å². The second kappa shape index (κ2) is 10.9. The highest BCUT2D eigenvalue weighted by Crippen LogP contribution is 2.43. The van der Waals surface area contributed by atoms with Crippen molar-refractivity contribution in [3.8, 4) is 0 Å². The molecule has 4 heterocycles. The summed E-state index contributed by atoms with van der Waals surface area (Å²) < 4.78 is 23.2. The third-order valence-corrected chi connectivity index (χ3v) is 9.07. The van der Waals surface area contributed by atoms with Gasteiger partial charge >= 0.3 is 0 Å². The van der Waals surface area contributed by atoms with Gasteiger partial charge in [-0.3, -0.25) is 4.90 Å². The smallest absolute Gasteiger partial charge is 0.222 e. The topological polar surface area (TPSA) is 198 Å². The number of fused-ring (bicyclic) bond motifs is 2. The number of aliphatic hydroxyl groups excluding tert-OH is 7. The van der Waals surface area contributed by atoms with Crippen LogP contribution in [0.2, 0.25) is 0 Å². The average molecular weight is 579 g/mol. The van der Waals surface area contributed by atoms with Crippen LogP contribution in [0, 0.1) is 0 Å². The number of hydrogen-bond acceptors (Lipinski definition) is 12. The van der Waals surface area contributed by atoms with Crippen molar-refractivity contribution in [1.82, 2.24) is 9.88 Å². The number of hydrogen-bond donors (Lipinski definition) is 8. The lowest BCUT2D eigenvalue weighted by Crippen LogP contribution is -2.56. The standard InChI is InChI=1S/C28H38N2O11/c1-30-8-14(5-17-16-3-2-4-18-22(16)15(7-29-18)6-19(17)30)11-38-28(26(37)24(35)21(10-32)41-28)13-39-27(12-33)25(36)23(34)20(9-31)40-27/h2-5,7,17,19-21,23-26,29,31-37H,6,8-13H2,1H3/t17-,19-,20-,21-,23-,24-,25+,26+,27-,28-/m1/s1. The second-order valence-electron chi connectivity index (χ2n) is 11.5. The van der Waals surface area contributed by atoms with Crippen LogP contribution in [0.25, 0.3) is 10.9 Å². The summed E-state index contributed by atoms with van der Waals surface area (Å²) in [5.74, 6) is -4.08. The molecular formula is C28H38N2O11. The third kappa shape index (κ3) is 4.65. The van der Waals surface area contributed by atoms with Crippen LogP contribution in [0.3, 0.4) is 0 Å². The first-order valence-electron chi connectivity index (χ1n) is 13.8. The van der Waals surface area contributed by atoms with E-state index in [1.165, 1.54) is 16.5 Å². The highest BCUT2D eigenvalue weighted by molar-refractivity contribution is 5.88. The molecule has 10 atom stereocenters. The Morgan fingerprint density at radius 3 is 2.32 bits per heavy atom. The van der Waals surface area contributed by atoms with Crippen LogP contribution >= 0.6 is 0 Å². The fraction of sp³-hybridized carbons (Fsp3) is 0.643. The van der Waals surface area contributed by atoms with Gasteiger partial charge in [0.15, 0.2) is 0 Å². The average Bonchev–Trinajstić information content (AvgIpc) is 3.59. The Morgan fingerprint density at radius 2 is 1.66 bits per heavy atom. The molecule has 8 N–H and O–H groups in total. The summed E-state index contributed by atoms with van der Waals surface area (Å²) in [5, 5.41) is 72.9. The second-order valence-corrected chi connectivity index (χ2v) is 11.5. The maximum atomic E-state index is 11.0. The van der Waals surface area contributed by atoms with Gasteiger partial charge in [0.05, 0.1) is 19.8 Å². The normalized spacial score (nSPS) is 40.7. The summed E-state index contributed by atoms with van der Waals surface area (Å²) in [4.78, 5) is 5.61. The zero-order chi connectivity index (χ0) is 29.1. The third-order valence-electron chi connectivity index (χ3n) is 9.07. The number of aromatic nitrogens is 1. The maximum Gasteiger partial charge on any atom is 0.222 e. The van der Waals surface area contributed by atoms with Gasteiger partial charge in [0.25, 0.3) is 0 Å². The number of nitrogens with zero attached hydrogens (tertiary/aromatic N) is 1. The summed E-state index contributed by atoms with van der Waals surface area (Å²) in [5.41, 5.74) is 4.47. The molecule has 4 aliphatic rings. The van der Waals surface area contributed by atoms with Crippen molar-refractivity contribution in [2.45, 2.75) is 66.6 Å². The van der Waals surface area contributed by atoms with Gasteiger partial charge in [-0.2, -0.15) is 0 Å². The molecule has 6 rings (SSSR count). The van der Waals surface area contributed by atoms with Crippen LogP contribution in [0.1, 0.15) is 17.0 Å². The van der Waals surface area contributed by atoms with E-state index in [-0.39, 0.29) is 18.6 Å². The Bertz CT molecular complexity index is 1290. The molecule has 13 heteroatoms. The lowest BCUT2D eigenvalue weighted by atomic mass is 9.77. The van der Waals surface area contributed by atoms with Crippen molar-refractivity contribution >= 4 is 10.9 Å². The number of ether oxygens (including phenoxy) is 4. The summed E-state index contributed by atoms with van der Waals surface area (Å²) >= 11 is 0. The van der Waals surface area contributed by atoms with Crippen molar-refractivity contribution in [3.63, 3.8) is 0 Å². The molecule has 41 heavy (non-hydrogen) atoms. The zero-order valence-corrected chi connectivity index (χ0v) is 22.7. The summed E-state index contributed by atoms with van der Waals surface area (Å²) in [6, 6.07) is 6.45. The summed E-state index contributed by atoms with van der Waals surface area (Å²) in [6.45, 7) is -2.25. The number of H-pyrrole nitrogens is 1. The number of benzene rings is 1. The molecule has 13 nitrogen and oxygen atoms in total. The fourth-order valence-electron chi connectivity index (χ4n) is 6.78. The molecule has 0 spiro atoms. The molecular weight excluding hydrogens is 540 g/mol. The molecule has 0 unspecified atom stereocenters. The van der Waals surface area contributed by atoms with Crippen LogP contribution in [0.5, 0.6) is 0 Å². The van der Waals surface area contributed by atoms with E-state index in [1.54, 1.807) is 0 Å². The SMILES string of the molecule is CN1CC(CO[C@]2(CO[C@]3(CO)O[C@H](CO)[C@@H](O)[C@@H]3O)O[C@H](CO)[C@@H](O)[C@@H]2O)=C[C@@H]2c3cccc4[nH]cc(c34)C[C@H]21. The molecule has 1 aliphatic carbocycles. The van der Waals surface area contributed by atoms with Crippen LogP contribution in [-0.2, 0) is 25.4 Å². The van der Waals surface area contributed by atoms with Crippen molar-refractivity contribution in [1.29, 1.82) is 0 Å². The van der Waals surface area contributed by atoms with Crippen LogP contribution in [0.15, 0.2) is 36.0 Å². The zero-order valence-electron chi connectivity index (χ0n) is 22.7. The molecule has 0 amide bonds. The Balaban J connectivity index is 1.26. The Kier molecular flexibility index (Phi) is 7.77. The van der Waals surface area contributed by atoms with E-state index in [2.05, 4.69) is 34.3 Å². The van der Waals surface area contributed by atoms with Crippen molar-refractivity contribution in [3.05, 3.63) is 47.2 Å². The molecule has 1 aromatic carbocycles. The van der Waals surface area contributed by atoms with Crippen molar-refractivity contribution < 1.29 is 54.7 Å². The molecule has 0 bridgehead atoms. The van der Waals surface area contributed by atoms with Crippen molar-refractivity contribution in [2.24, 2.45) is 0 Å². The lowest BCUT2D eigenvalue weighted by Gasteiger charge is -2.42. The molecule has 3 aliphatic heterocycles. The van der Waals surface area contributed by atoms with Gasteiger partial charge in [0.2, 0.25) is 11.6 Å². The largest absolute Gasteiger partial charge is 0.394 e. The van der Waals surface area contributed by atoms with Crippen LogP contribution < -0.4 is 0 Å². The number of aromatic amines is 1. The highest BCUT2D eigenvalue weighted by Gasteiger charge is 2.60. The van der Waals surface area contributed by atoms with Gasteiger partial charge in [-0.25, -0.2) is 0 Å². The first-order chi connectivity index (χ1) is 19.7. The molecule has 2 saturated heterocycles. The molecule has 2 aromatic rings. The van der Waals surface area contributed by atoms with E-state index < -0.39 is 74.6 Å². The van der Waals surface area contributed by atoms with E-state index >= 15 is 0 Å². The monoisotopic (exact) mass is 578 g/mol. The van der Waals surface area contributed by atoms with E-state index in [0.29, 0.717) is 6.54 Å². The predicted octanol–water partition coefficient (Wildman–Crippen LogP) is -2.31. The number of nitrogens with one attached hydrogen (secondary N) is 1. The molecule has 0 radical (unpaired) electrons. The van der Waals surface area contributed by atoms with Crippen LogP contribution in [0.4, 0.5) is 0 Å². The Hall–Kier alpha value is -1.98. The summed E-state index contributed by atoms with van der Waals surface area (Å²) in [7, 11) is 2.04. The molecule has 226 valence electrons. The molecule has 2 fully saturated rings. The fourth-order valence-corrected chi connectivity index (χ4v) is 6.78. The van der Waals surface area contributed by atoms with Gasteiger partial charge in [-0.05, 0) is 36.2 Å². The van der Waals surface area contributed by atoms with Gasteiger partial charge in [-0.1, -0.05) is 18.2 Å². The minimum atomic E-state index is -2.15. The minimum Gasteiger partial charge on any atom is -0.394 e. The summed E-state index contributed by atoms with van der Waals surface area (Å²) in [6.07, 6.45) is -3.79. The lowest BCUT2D eigenvalue weighted by molar-refractivity contribution is -0.338. The van der Waals surface area contributed by atoms with E-state index in [1.807, 2.05) is 13.1 Å². The maximum absolute atomic E-state index is 11.0. The van der Waals surface area contributed by atoms with Gasteiger partial charge in [0, 0.05) is 35.6 Å².